The van der Waals surface area contributed by atoms with Gasteiger partial charge in [-0.25, -0.2) is 0 Å². The average molecular weight is 324 g/mol. The Bertz CT molecular complexity index is 836. The van der Waals surface area contributed by atoms with E-state index in [-0.39, 0.29) is 18.2 Å². The van der Waals surface area contributed by atoms with Crippen LogP contribution in [-0.2, 0) is 6.54 Å². The Labute approximate surface area is 138 Å². The number of hydrogen-bond acceptors (Lipinski definition) is 4. The molecule has 0 atom stereocenters. The molecule has 3 rings (SSSR count). The Morgan fingerprint density at radius 1 is 0.958 bits per heavy atom. The molecule has 2 aromatic heterocycles. The van der Waals surface area contributed by atoms with Crippen LogP contribution in [0.25, 0.3) is 0 Å². The van der Waals surface area contributed by atoms with Crippen LogP contribution in [-0.4, -0.2) is 11.8 Å². The van der Waals surface area contributed by atoms with Crippen molar-refractivity contribution in [2.45, 2.75) is 13.5 Å². The summed E-state index contributed by atoms with van der Waals surface area (Å²) in [6.07, 6.45) is 2.97. The van der Waals surface area contributed by atoms with E-state index in [4.69, 9.17) is 8.83 Å². The quantitative estimate of drug-likeness (QED) is 0.753. The molecule has 1 aromatic carbocycles. The molecule has 0 fully saturated rings. The van der Waals surface area contributed by atoms with Crippen LogP contribution in [0.2, 0.25) is 0 Å². The molecule has 0 saturated heterocycles. The highest BCUT2D eigenvalue weighted by atomic mass is 16.3. The van der Waals surface area contributed by atoms with Crippen molar-refractivity contribution in [3.05, 3.63) is 77.6 Å². The number of amides is 2. The van der Waals surface area contributed by atoms with Crippen LogP contribution in [0.3, 0.4) is 0 Å². The lowest BCUT2D eigenvalue weighted by Gasteiger charge is -2.13. The molecule has 0 radical (unpaired) electrons. The number of anilines is 1. The molecular formula is C18H16N2O4. The molecule has 0 bridgehead atoms. The van der Waals surface area contributed by atoms with E-state index in [1.54, 1.807) is 42.7 Å². The molecule has 2 N–H and O–H groups in total. The average Bonchev–Trinajstić information content (AvgIpc) is 3.28. The summed E-state index contributed by atoms with van der Waals surface area (Å²) in [5.74, 6) is 0.122. The molecule has 2 heterocycles. The summed E-state index contributed by atoms with van der Waals surface area (Å²) in [4.78, 5) is 24.6. The molecule has 3 aromatic rings. The number of para-hydroxylation sites is 1. The third-order valence-corrected chi connectivity index (χ3v) is 3.50. The fraction of sp³-hybridized carbons (Fsp3) is 0.111. The minimum atomic E-state index is -0.408. The summed E-state index contributed by atoms with van der Waals surface area (Å²) >= 11 is 0. The summed E-state index contributed by atoms with van der Waals surface area (Å²) in [7, 11) is 0. The van der Waals surface area contributed by atoms with Crippen LogP contribution >= 0.6 is 0 Å². The van der Waals surface area contributed by atoms with Crippen LogP contribution in [0.4, 0.5) is 5.69 Å². The van der Waals surface area contributed by atoms with Gasteiger partial charge in [-0.15, -0.1) is 0 Å². The lowest BCUT2D eigenvalue weighted by atomic mass is 10.1. The zero-order chi connectivity index (χ0) is 16.9. The standard InChI is InChI=1S/C18H16N2O4/c1-12-5-2-7-14(17(21)19-11-13-6-3-9-23-13)16(12)20-18(22)15-8-4-10-24-15/h2-10H,11H2,1H3,(H,19,21)(H,20,22). The fourth-order valence-electron chi connectivity index (χ4n) is 2.28. The summed E-state index contributed by atoms with van der Waals surface area (Å²) in [6, 6.07) is 12.0. The molecule has 0 aliphatic heterocycles. The van der Waals surface area contributed by atoms with Crippen molar-refractivity contribution in [1.29, 1.82) is 0 Å². The first-order valence-corrected chi connectivity index (χ1v) is 7.40. The van der Waals surface area contributed by atoms with E-state index in [0.29, 0.717) is 17.0 Å². The lowest BCUT2D eigenvalue weighted by molar-refractivity contribution is 0.0949. The normalized spacial score (nSPS) is 10.4. The maximum absolute atomic E-state index is 12.5. The van der Waals surface area contributed by atoms with Gasteiger partial charge in [0.2, 0.25) is 0 Å². The first kappa shape index (κ1) is 15.6. The molecule has 0 spiro atoms. The van der Waals surface area contributed by atoms with Crippen molar-refractivity contribution in [2.75, 3.05) is 5.32 Å². The first-order chi connectivity index (χ1) is 11.6. The fourth-order valence-corrected chi connectivity index (χ4v) is 2.28. The van der Waals surface area contributed by atoms with Gasteiger partial charge in [-0.05, 0) is 42.8 Å². The second-order valence-corrected chi connectivity index (χ2v) is 5.19. The van der Waals surface area contributed by atoms with Crippen molar-refractivity contribution < 1.29 is 18.4 Å². The highest BCUT2D eigenvalue weighted by molar-refractivity contribution is 6.08. The topological polar surface area (TPSA) is 84.5 Å². The van der Waals surface area contributed by atoms with Gasteiger partial charge in [-0.3, -0.25) is 9.59 Å². The third kappa shape index (κ3) is 3.38. The molecule has 6 heteroatoms. The number of aryl methyl sites for hydroxylation is 1. The molecule has 122 valence electrons. The van der Waals surface area contributed by atoms with Crippen molar-refractivity contribution in [3.8, 4) is 0 Å². The van der Waals surface area contributed by atoms with E-state index in [0.717, 1.165) is 5.56 Å². The third-order valence-electron chi connectivity index (χ3n) is 3.50. The summed E-state index contributed by atoms with van der Waals surface area (Å²) in [5, 5.41) is 5.51. The number of nitrogens with one attached hydrogen (secondary N) is 2. The zero-order valence-electron chi connectivity index (χ0n) is 13.0. The molecule has 0 aliphatic carbocycles. The lowest BCUT2D eigenvalue weighted by Crippen LogP contribution is -2.25. The Morgan fingerprint density at radius 3 is 2.46 bits per heavy atom. The molecule has 0 aliphatic rings. The highest BCUT2D eigenvalue weighted by Crippen LogP contribution is 2.21. The van der Waals surface area contributed by atoms with E-state index in [2.05, 4.69) is 10.6 Å². The van der Waals surface area contributed by atoms with E-state index in [9.17, 15) is 9.59 Å². The summed E-state index contributed by atoms with van der Waals surface area (Å²) in [6.45, 7) is 2.09. The van der Waals surface area contributed by atoms with Crippen molar-refractivity contribution in [2.24, 2.45) is 0 Å². The predicted octanol–water partition coefficient (Wildman–Crippen LogP) is 3.36. The van der Waals surface area contributed by atoms with Gasteiger partial charge >= 0.3 is 0 Å². The Kier molecular flexibility index (Phi) is 4.47. The minimum Gasteiger partial charge on any atom is -0.467 e. The Morgan fingerprint density at radius 2 is 1.75 bits per heavy atom. The second-order valence-electron chi connectivity index (χ2n) is 5.19. The van der Waals surface area contributed by atoms with Gasteiger partial charge in [-0.2, -0.15) is 0 Å². The zero-order valence-corrected chi connectivity index (χ0v) is 13.0. The maximum Gasteiger partial charge on any atom is 0.291 e. The van der Waals surface area contributed by atoms with Crippen molar-refractivity contribution in [1.82, 2.24) is 5.32 Å². The van der Waals surface area contributed by atoms with E-state index >= 15 is 0 Å². The number of benzene rings is 1. The number of rotatable bonds is 5. The smallest absolute Gasteiger partial charge is 0.291 e. The molecular weight excluding hydrogens is 308 g/mol. The van der Waals surface area contributed by atoms with E-state index < -0.39 is 5.91 Å². The van der Waals surface area contributed by atoms with Crippen LogP contribution < -0.4 is 10.6 Å². The van der Waals surface area contributed by atoms with Gasteiger partial charge in [0, 0.05) is 0 Å². The van der Waals surface area contributed by atoms with Crippen LogP contribution in [0.15, 0.2) is 63.8 Å². The van der Waals surface area contributed by atoms with Crippen molar-refractivity contribution in [3.63, 3.8) is 0 Å². The number of carbonyl (C=O) groups is 2. The van der Waals surface area contributed by atoms with E-state index in [1.165, 1.54) is 6.26 Å². The van der Waals surface area contributed by atoms with Gasteiger partial charge in [0.15, 0.2) is 5.76 Å². The SMILES string of the molecule is Cc1cccc(C(=O)NCc2ccco2)c1NC(=O)c1ccco1. The number of hydrogen-bond donors (Lipinski definition) is 2. The van der Waals surface area contributed by atoms with Crippen LogP contribution in [0, 0.1) is 6.92 Å². The molecule has 2 amide bonds. The van der Waals surface area contributed by atoms with Gasteiger partial charge in [0.25, 0.3) is 11.8 Å². The van der Waals surface area contributed by atoms with Gasteiger partial charge in [0.1, 0.15) is 5.76 Å². The number of furan rings is 2. The number of carbonyl (C=O) groups excluding carboxylic acids is 2. The van der Waals surface area contributed by atoms with Crippen LogP contribution in [0.5, 0.6) is 0 Å². The second kappa shape index (κ2) is 6.87. The van der Waals surface area contributed by atoms with Crippen LogP contribution in [0.1, 0.15) is 32.2 Å². The van der Waals surface area contributed by atoms with Gasteiger partial charge < -0.3 is 19.5 Å². The minimum absolute atomic E-state index is 0.181. The predicted molar refractivity (Wildman–Crippen MR) is 87.7 cm³/mol. The molecule has 0 saturated carbocycles. The maximum atomic E-state index is 12.5. The Balaban J connectivity index is 1.79. The summed E-state index contributed by atoms with van der Waals surface area (Å²) in [5.41, 5.74) is 1.61. The highest BCUT2D eigenvalue weighted by Gasteiger charge is 2.17. The summed E-state index contributed by atoms with van der Waals surface area (Å²) < 4.78 is 10.3. The van der Waals surface area contributed by atoms with Gasteiger partial charge in [-0.1, -0.05) is 12.1 Å². The van der Waals surface area contributed by atoms with Gasteiger partial charge in [0.05, 0.1) is 30.3 Å². The molecule has 24 heavy (non-hydrogen) atoms. The monoisotopic (exact) mass is 324 g/mol. The van der Waals surface area contributed by atoms with E-state index in [1.807, 2.05) is 13.0 Å². The largest absolute Gasteiger partial charge is 0.467 e. The molecule has 6 nitrogen and oxygen atoms in total. The Hall–Kier alpha value is -3.28. The van der Waals surface area contributed by atoms with Crippen molar-refractivity contribution >= 4 is 17.5 Å². The first-order valence-electron chi connectivity index (χ1n) is 7.40. The molecule has 0 unspecified atom stereocenters.